The molecule has 0 saturated carbocycles. The van der Waals surface area contributed by atoms with Gasteiger partial charge in [0.05, 0.1) is 11.6 Å². The zero-order chi connectivity index (χ0) is 18.4. The molecule has 132 valence electrons. The number of carbonyl (C=O) groups excluding carboxylic acids is 2. The van der Waals surface area contributed by atoms with Crippen LogP contribution in [0.2, 0.25) is 0 Å². The average molecular weight is 408 g/mol. The molecule has 2 aromatic carbocycles. The summed E-state index contributed by atoms with van der Waals surface area (Å²) in [5.41, 5.74) is 1.96. The van der Waals surface area contributed by atoms with Crippen LogP contribution >= 0.6 is 15.9 Å². The Morgan fingerprint density at radius 1 is 1.20 bits per heavy atom. The highest BCUT2D eigenvalue weighted by molar-refractivity contribution is 9.10. The van der Waals surface area contributed by atoms with Gasteiger partial charge >= 0.3 is 5.97 Å². The van der Waals surface area contributed by atoms with E-state index in [2.05, 4.69) is 28.2 Å². The Bertz CT molecular complexity index is 762. The summed E-state index contributed by atoms with van der Waals surface area (Å²) in [6.45, 7) is 3.45. The second-order valence-electron chi connectivity index (χ2n) is 5.58. The summed E-state index contributed by atoms with van der Waals surface area (Å²) in [6.07, 6.45) is 0.948. The van der Waals surface area contributed by atoms with Gasteiger partial charge in [-0.2, -0.15) is 0 Å². The molecule has 1 N–H and O–H groups in total. The third-order valence-corrected chi connectivity index (χ3v) is 4.24. The van der Waals surface area contributed by atoms with Crippen LogP contribution in [-0.4, -0.2) is 18.5 Å². The van der Waals surface area contributed by atoms with Crippen LogP contribution in [0.3, 0.4) is 0 Å². The molecule has 4 nitrogen and oxygen atoms in total. The van der Waals surface area contributed by atoms with Crippen LogP contribution in [0.5, 0.6) is 0 Å². The van der Waals surface area contributed by atoms with Crippen molar-refractivity contribution in [1.82, 2.24) is 5.32 Å². The number of rotatable bonds is 6. The van der Waals surface area contributed by atoms with E-state index >= 15 is 0 Å². The first-order valence-electron chi connectivity index (χ1n) is 7.91. The van der Waals surface area contributed by atoms with Gasteiger partial charge in [-0.25, -0.2) is 9.18 Å². The summed E-state index contributed by atoms with van der Waals surface area (Å²) in [4.78, 5) is 23.8. The Balaban J connectivity index is 1.87. The zero-order valence-corrected chi connectivity index (χ0v) is 15.6. The summed E-state index contributed by atoms with van der Waals surface area (Å²) in [7, 11) is 0. The normalized spacial score (nSPS) is 11.7. The molecule has 1 atom stereocenters. The number of hydrogen-bond acceptors (Lipinski definition) is 3. The number of aryl methyl sites for hydroxylation is 1. The van der Waals surface area contributed by atoms with Crippen LogP contribution in [0.4, 0.5) is 4.39 Å². The van der Waals surface area contributed by atoms with Gasteiger partial charge in [0.1, 0.15) is 5.82 Å². The molecule has 0 aromatic heterocycles. The fourth-order valence-electron chi connectivity index (χ4n) is 2.27. The van der Waals surface area contributed by atoms with Crippen LogP contribution in [-0.2, 0) is 16.0 Å². The first kappa shape index (κ1) is 19.1. The van der Waals surface area contributed by atoms with Gasteiger partial charge in [-0.3, -0.25) is 4.79 Å². The number of halogens is 2. The fraction of sp³-hybridized carbons (Fsp3) is 0.263. The molecule has 0 saturated heterocycles. The summed E-state index contributed by atoms with van der Waals surface area (Å²) >= 11 is 3.11. The minimum absolute atomic E-state index is 0.209. The maximum absolute atomic E-state index is 13.7. The number of ether oxygens (including phenoxy) is 1. The average Bonchev–Trinajstić information content (AvgIpc) is 2.59. The monoisotopic (exact) mass is 407 g/mol. The fourth-order valence-corrected chi connectivity index (χ4v) is 2.61. The molecule has 0 aliphatic heterocycles. The Hall–Kier alpha value is -2.21. The zero-order valence-electron chi connectivity index (χ0n) is 14.0. The van der Waals surface area contributed by atoms with E-state index in [4.69, 9.17) is 4.74 Å². The first-order chi connectivity index (χ1) is 11.9. The predicted octanol–water partition coefficient (Wildman–Crippen LogP) is 4.18. The van der Waals surface area contributed by atoms with E-state index in [-0.39, 0.29) is 11.6 Å². The molecule has 0 radical (unpaired) electrons. The van der Waals surface area contributed by atoms with E-state index < -0.39 is 24.3 Å². The van der Waals surface area contributed by atoms with Crippen molar-refractivity contribution >= 4 is 27.8 Å². The molecule has 0 fully saturated rings. The van der Waals surface area contributed by atoms with Gasteiger partial charge in [0.2, 0.25) is 0 Å². The standard InChI is InChI=1S/C19H19BrFNO3/c1-3-13-4-6-14(7-5-13)12(2)22-18(23)11-25-19(24)16-9-8-15(20)10-17(16)21/h4-10,12H,3,11H2,1-2H3,(H,22,23)/t12-/m0/s1. The third kappa shape index (κ3) is 5.39. The van der Waals surface area contributed by atoms with Gasteiger partial charge in [-0.1, -0.05) is 47.1 Å². The summed E-state index contributed by atoms with van der Waals surface area (Å²) in [6, 6.07) is 11.7. The summed E-state index contributed by atoms with van der Waals surface area (Å²) in [5, 5.41) is 2.75. The van der Waals surface area contributed by atoms with Crippen molar-refractivity contribution in [3.8, 4) is 0 Å². The van der Waals surface area contributed by atoms with Crippen molar-refractivity contribution in [3.63, 3.8) is 0 Å². The van der Waals surface area contributed by atoms with E-state index in [1.165, 1.54) is 23.8 Å². The second-order valence-corrected chi connectivity index (χ2v) is 6.50. The van der Waals surface area contributed by atoms with E-state index in [0.29, 0.717) is 4.47 Å². The molecule has 0 heterocycles. The number of nitrogens with one attached hydrogen (secondary N) is 1. The maximum atomic E-state index is 13.7. The largest absolute Gasteiger partial charge is 0.452 e. The highest BCUT2D eigenvalue weighted by Crippen LogP contribution is 2.16. The molecule has 0 aliphatic carbocycles. The van der Waals surface area contributed by atoms with Crippen LogP contribution < -0.4 is 5.32 Å². The Morgan fingerprint density at radius 2 is 1.88 bits per heavy atom. The minimum atomic E-state index is -0.875. The van der Waals surface area contributed by atoms with Crippen molar-refractivity contribution in [3.05, 3.63) is 69.4 Å². The van der Waals surface area contributed by atoms with Crippen LogP contribution in [0.25, 0.3) is 0 Å². The highest BCUT2D eigenvalue weighted by Gasteiger charge is 2.16. The Labute approximate surface area is 154 Å². The number of amides is 1. The number of benzene rings is 2. The smallest absolute Gasteiger partial charge is 0.341 e. The minimum Gasteiger partial charge on any atom is -0.452 e. The highest BCUT2D eigenvalue weighted by atomic mass is 79.9. The van der Waals surface area contributed by atoms with E-state index in [9.17, 15) is 14.0 Å². The molecule has 1 amide bonds. The molecule has 0 aliphatic rings. The molecular weight excluding hydrogens is 389 g/mol. The Morgan fingerprint density at radius 3 is 2.48 bits per heavy atom. The van der Waals surface area contributed by atoms with Gasteiger partial charge in [0.15, 0.2) is 6.61 Å². The van der Waals surface area contributed by atoms with Crippen molar-refractivity contribution in [2.45, 2.75) is 26.3 Å². The van der Waals surface area contributed by atoms with Crippen molar-refractivity contribution in [2.24, 2.45) is 0 Å². The lowest BCUT2D eigenvalue weighted by atomic mass is 10.1. The van der Waals surface area contributed by atoms with Crippen LogP contribution in [0.1, 0.15) is 41.4 Å². The summed E-state index contributed by atoms with van der Waals surface area (Å²) < 4.78 is 19.1. The van der Waals surface area contributed by atoms with Gasteiger partial charge in [0, 0.05) is 4.47 Å². The van der Waals surface area contributed by atoms with Crippen molar-refractivity contribution in [2.75, 3.05) is 6.61 Å². The van der Waals surface area contributed by atoms with Gasteiger partial charge < -0.3 is 10.1 Å². The lowest BCUT2D eigenvalue weighted by molar-refractivity contribution is -0.124. The van der Waals surface area contributed by atoms with Crippen molar-refractivity contribution < 1.29 is 18.7 Å². The molecule has 2 aromatic rings. The molecule has 6 heteroatoms. The molecule has 2 rings (SSSR count). The predicted molar refractivity (Wildman–Crippen MR) is 96.8 cm³/mol. The molecule has 25 heavy (non-hydrogen) atoms. The third-order valence-electron chi connectivity index (χ3n) is 3.75. The van der Waals surface area contributed by atoms with E-state index in [1.807, 2.05) is 31.2 Å². The first-order valence-corrected chi connectivity index (χ1v) is 8.70. The van der Waals surface area contributed by atoms with Crippen molar-refractivity contribution in [1.29, 1.82) is 0 Å². The number of carbonyl (C=O) groups is 2. The van der Waals surface area contributed by atoms with Crippen LogP contribution in [0.15, 0.2) is 46.9 Å². The SMILES string of the molecule is CCc1ccc([C@H](C)NC(=O)COC(=O)c2ccc(Br)cc2F)cc1. The molecule has 0 bridgehead atoms. The lowest BCUT2D eigenvalue weighted by Gasteiger charge is -2.15. The van der Waals surface area contributed by atoms with Gasteiger partial charge in [0.25, 0.3) is 5.91 Å². The van der Waals surface area contributed by atoms with E-state index in [0.717, 1.165) is 12.0 Å². The van der Waals surface area contributed by atoms with Gasteiger partial charge in [-0.05, 0) is 42.7 Å². The van der Waals surface area contributed by atoms with Gasteiger partial charge in [-0.15, -0.1) is 0 Å². The maximum Gasteiger partial charge on any atom is 0.341 e. The Kier molecular flexibility index (Phi) is 6.70. The summed E-state index contributed by atoms with van der Waals surface area (Å²) in [5.74, 6) is -2.03. The topological polar surface area (TPSA) is 55.4 Å². The molecule has 0 spiro atoms. The van der Waals surface area contributed by atoms with Crippen LogP contribution in [0, 0.1) is 5.82 Å². The molecular formula is C19H19BrFNO3. The lowest BCUT2D eigenvalue weighted by Crippen LogP contribution is -2.31. The molecule has 0 unspecified atom stereocenters. The van der Waals surface area contributed by atoms with E-state index in [1.54, 1.807) is 0 Å². The number of esters is 1. The second kappa shape index (κ2) is 8.76. The number of hydrogen-bond donors (Lipinski definition) is 1. The quantitative estimate of drug-likeness (QED) is 0.730.